The van der Waals surface area contributed by atoms with Crippen molar-refractivity contribution in [2.24, 2.45) is 0 Å². The number of aromatic nitrogens is 2. The highest BCUT2D eigenvalue weighted by Crippen LogP contribution is 2.09. The lowest BCUT2D eigenvalue weighted by atomic mass is 10.2. The van der Waals surface area contributed by atoms with Crippen molar-refractivity contribution in [3.63, 3.8) is 0 Å². The molecule has 0 aliphatic rings. The number of nitrogens with zero attached hydrogens (tertiary/aromatic N) is 2. The molecule has 0 bridgehead atoms. The monoisotopic (exact) mass is 221 g/mol. The fourth-order valence-electron chi connectivity index (χ4n) is 1.52. The van der Waals surface area contributed by atoms with E-state index in [1.54, 1.807) is 0 Å². The molecule has 90 valence electrons. The molecule has 0 saturated carbocycles. The molecule has 0 fully saturated rings. The highest BCUT2D eigenvalue weighted by Gasteiger charge is 2.02. The van der Waals surface area contributed by atoms with Crippen LogP contribution in [0.5, 0.6) is 0 Å². The number of anilines is 1. The summed E-state index contributed by atoms with van der Waals surface area (Å²) in [5.41, 5.74) is 1.14. The van der Waals surface area contributed by atoms with Crippen LogP contribution in [0.4, 0.5) is 5.82 Å². The van der Waals surface area contributed by atoms with Gasteiger partial charge in [0.2, 0.25) is 0 Å². The Bertz CT molecular complexity index is 284. The highest BCUT2D eigenvalue weighted by atomic mass is 15.0. The van der Waals surface area contributed by atoms with Gasteiger partial charge in [-0.2, -0.15) is 0 Å². The predicted molar refractivity (Wildman–Crippen MR) is 68.8 cm³/mol. The zero-order valence-electron chi connectivity index (χ0n) is 10.7. The fourth-order valence-corrected chi connectivity index (χ4v) is 1.52. The summed E-state index contributed by atoms with van der Waals surface area (Å²) in [5.74, 6) is 1.97. The average Bonchev–Trinajstić information content (AvgIpc) is 2.33. The van der Waals surface area contributed by atoms with Crippen LogP contribution in [0.3, 0.4) is 0 Å². The van der Waals surface area contributed by atoms with Gasteiger partial charge in [0.1, 0.15) is 11.6 Å². The van der Waals surface area contributed by atoms with E-state index in [0.29, 0.717) is 0 Å². The third-order valence-electron chi connectivity index (χ3n) is 2.50. The predicted octanol–water partition coefficient (Wildman–Crippen LogP) is 3.20. The number of rotatable bonds is 7. The minimum absolute atomic E-state index is 0.975. The lowest BCUT2D eigenvalue weighted by Gasteiger charge is -2.08. The zero-order chi connectivity index (χ0) is 11.8. The van der Waals surface area contributed by atoms with Gasteiger partial charge in [-0.25, -0.2) is 9.97 Å². The normalized spacial score (nSPS) is 10.4. The minimum atomic E-state index is 0.975. The molecule has 1 heterocycles. The fraction of sp³-hybridized carbons (Fsp3) is 0.692. The van der Waals surface area contributed by atoms with Crippen molar-refractivity contribution >= 4 is 5.82 Å². The van der Waals surface area contributed by atoms with Gasteiger partial charge in [0, 0.05) is 24.7 Å². The van der Waals surface area contributed by atoms with Crippen LogP contribution in [0.2, 0.25) is 0 Å². The molecule has 0 unspecified atom stereocenters. The van der Waals surface area contributed by atoms with Crippen molar-refractivity contribution in [2.75, 3.05) is 11.9 Å². The maximum Gasteiger partial charge on any atom is 0.130 e. The quantitative estimate of drug-likeness (QED) is 0.768. The summed E-state index contributed by atoms with van der Waals surface area (Å²) in [6.07, 6.45) is 5.45. The first kappa shape index (κ1) is 12.9. The Hall–Kier alpha value is -1.12. The number of aryl methyl sites for hydroxylation is 2. The van der Waals surface area contributed by atoms with Crippen LogP contribution in [0.15, 0.2) is 6.07 Å². The van der Waals surface area contributed by atoms with Gasteiger partial charge in [-0.1, -0.05) is 27.2 Å². The summed E-state index contributed by atoms with van der Waals surface area (Å²) < 4.78 is 0. The molecule has 1 aromatic heterocycles. The Morgan fingerprint density at radius 1 is 1.12 bits per heavy atom. The van der Waals surface area contributed by atoms with Crippen LogP contribution >= 0.6 is 0 Å². The molecule has 1 N–H and O–H groups in total. The lowest BCUT2D eigenvalue weighted by Crippen LogP contribution is -2.07. The molecule has 1 rings (SSSR count). The van der Waals surface area contributed by atoms with E-state index in [1.807, 2.05) is 0 Å². The molecule has 0 spiro atoms. The minimum Gasteiger partial charge on any atom is -0.370 e. The van der Waals surface area contributed by atoms with E-state index in [0.717, 1.165) is 43.1 Å². The molecule has 0 aliphatic heterocycles. The van der Waals surface area contributed by atoms with Crippen LogP contribution in [-0.2, 0) is 12.8 Å². The molecule has 0 aromatic carbocycles. The molecule has 0 radical (unpaired) electrons. The molecule has 3 nitrogen and oxygen atoms in total. The van der Waals surface area contributed by atoms with Crippen molar-refractivity contribution in [2.45, 2.75) is 52.9 Å². The summed E-state index contributed by atoms with van der Waals surface area (Å²) in [7, 11) is 0. The Kier molecular flexibility index (Phi) is 5.83. The topological polar surface area (TPSA) is 37.8 Å². The SMILES string of the molecule is CCCCc1nc(CC)cc(NCCC)n1. The van der Waals surface area contributed by atoms with Crippen LogP contribution in [0.25, 0.3) is 0 Å². The summed E-state index contributed by atoms with van der Waals surface area (Å²) in [4.78, 5) is 9.08. The highest BCUT2D eigenvalue weighted by molar-refractivity contribution is 5.36. The van der Waals surface area contributed by atoms with Crippen LogP contribution in [-0.4, -0.2) is 16.5 Å². The number of unbranched alkanes of at least 4 members (excludes halogenated alkanes) is 1. The smallest absolute Gasteiger partial charge is 0.130 e. The molecule has 16 heavy (non-hydrogen) atoms. The van der Waals surface area contributed by atoms with Gasteiger partial charge in [-0.15, -0.1) is 0 Å². The van der Waals surface area contributed by atoms with E-state index in [-0.39, 0.29) is 0 Å². The van der Waals surface area contributed by atoms with Crippen LogP contribution in [0, 0.1) is 0 Å². The van der Waals surface area contributed by atoms with Crippen molar-refractivity contribution in [1.82, 2.24) is 9.97 Å². The Morgan fingerprint density at radius 2 is 1.94 bits per heavy atom. The van der Waals surface area contributed by atoms with Crippen molar-refractivity contribution in [1.29, 1.82) is 0 Å². The first-order valence-electron chi connectivity index (χ1n) is 6.40. The maximum absolute atomic E-state index is 4.55. The first-order valence-corrected chi connectivity index (χ1v) is 6.40. The second-order valence-electron chi connectivity index (χ2n) is 4.04. The van der Waals surface area contributed by atoms with E-state index in [2.05, 4.69) is 42.1 Å². The second kappa shape index (κ2) is 7.20. The third-order valence-corrected chi connectivity index (χ3v) is 2.50. The lowest BCUT2D eigenvalue weighted by molar-refractivity contribution is 0.744. The second-order valence-corrected chi connectivity index (χ2v) is 4.04. The molecular weight excluding hydrogens is 198 g/mol. The molecule has 0 aliphatic carbocycles. The van der Waals surface area contributed by atoms with Gasteiger partial charge in [0.15, 0.2) is 0 Å². The van der Waals surface area contributed by atoms with E-state index >= 15 is 0 Å². The summed E-state index contributed by atoms with van der Waals surface area (Å²) >= 11 is 0. The van der Waals surface area contributed by atoms with Gasteiger partial charge >= 0.3 is 0 Å². The third kappa shape index (κ3) is 4.17. The number of nitrogens with one attached hydrogen (secondary N) is 1. The molecule has 3 heteroatoms. The zero-order valence-corrected chi connectivity index (χ0v) is 10.7. The van der Waals surface area contributed by atoms with E-state index in [1.165, 1.54) is 12.8 Å². The van der Waals surface area contributed by atoms with Gasteiger partial charge in [0.25, 0.3) is 0 Å². The van der Waals surface area contributed by atoms with Crippen molar-refractivity contribution in [3.8, 4) is 0 Å². The summed E-state index contributed by atoms with van der Waals surface area (Å²) in [5, 5.41) is 3.33. The first-order chi connectivity index (χ1) is 7.80. The average molecular weight is 221 g/mol. The molecule has 0 atom stereocenters. The van der Waals surface area contributed by atoms with E-state index < -0.39 is 0 Å². The molecule has 0 amide bonds. The van der Waals surface area contributed by atoms with E-state index in [9.17, 15) is 0 Å². The molecule has 1 aromatic rings. The largest absolute Gasteiger partial charge is 0.370 e. The van der Waals surface area contributed by atoms with Crippen LogP contribution < -0.4 is 5.32 Å². The Labute approximate surface area is 98.7 Å². The molecular formula is C13H23N3. The van der Waals surface area contributed by atoms with Gasteiger partial charge in [-0.3, -0.25) is 0 Å². The number of hydrogen-bond acceptors (Lipinski definition) is 3. The standard InChI is InChI=1S/C13H23N3/c1-4-7-8-12-15-11(6-3)10-13(16-12)14-9-5-2/h10H,4-9H2,1-3H3,(H,14,15,16). The summed E-state index contributed by atoms with van der Waals surface area (Å²) in [6.45, 7) is 7.47. The van der Waals surface area contributed by atoms with Crippen molar-refractivity contribution in [3.05, 3.63) is 17.6 Å². The molecule has 0 saturated heterocycles. The van der Waals surface area contributed by atoms with Crippen molar-refractivity contribution < 1.29 is 0 Å². The van der Waals surface area contributed by atoms with E-state index in [4.69, 9.17) is 0 Å². The number of hydrogen-bond donors (Lipinski definition) is 1. The van der Waals surface area contributed by atoms with Gasteiger partial charge in [0.05, 0.1) is 0 Å². The summed E-state index contributed by atoms with van der Waals surface area (Å²) in [6, 6.07) is 2.06. The Balaban J connectivity index is 2.74. The Morgan fingerprint density at radius 3 is 2.56 bits per heavy atom. The van der Waals surface area contributed by atoms with Crippen LogP contribution in [0.1, 0.15) is 51.6 Å². The van der Waals surface area contributed by atoms with Gasteiger partial charge < -0.3 is 5.32 Å². The maximum atomic E-state index is 4.55. The van der Waals surface area contributed by atoms with Gasteiger partial charge in [-0.05, 0) is 19.3 Å².